The summed E-state index contributed by atoms with van der Waals surface area (Å²) in [6, 6.07) is 106. The van der Waals surface area contributed by atoms with E-state index in [1.54, 1.807) is 0 Å². The maximum atomic E-state index is 7.02. The molecule has 0 unspecified atom stereocenters. The Kier molecular flexibility index (Phi) is 12.4. The van der Waals surface area contributed by atoms with E-state index in [2.05, 4.69) is 194 Å². The summed E-state index contributed by atoms with van der Waals surface area (Å²) in [4.78, 5) is 31.4. The zero-order chi connectivity index (χ0) is 65.5. The Labute approximate surface area is 574 Å². The third-order valence-electron chi connectivity index (χ3n) is 19.8. The van der Waals surface area contributed by atoms with Gasteiger partial charge in [-0.15, -0.1) is 11.3 Å². The molecule has 0 atom stereocenters. The van der Waals surface area contributed by atoms with Gasteiger partial charge in [-0.3, -0.25) is 0 Å². The van der Waals surface area contributed by atoms with Crippen LogP contribution in [0.2, 0.25) is 0 Å². The molecule has 6 heterocycles. The molecule has 0 radical (unpaired) electrons. The molecule has 9 nitrogen and oxygen atoms in total. The third-order valence-corrected chi connectivity index (χ3v) is 20.9. The predicted octanol–water partition coefficient (Wildman–Crippen LogP) is 24.6. The average molecular weight is 1300 g/mol. The van der Waals surface area contributed by atoms with Crippen molar-refractivity contribution in [3.8, 4) is 102 Å². The van der Waals surface area contributed by atoms with Gasteiger partial charge in [-0.2, -0.15) is 0 Å². The Hall–Kier alpha value is -13.3. The summed E-state index contributed by atoms with van der Waals surface area (Å²) < 4.78 is 22.8. The lowest BCUT2D eigenvalue weighted by Crippen LogP contribution is -2.01. The van der Waals surface area contributed by atoms with Gasteiger partial charge in [-0.1, -0.05) is 212 Å². The van der Waals surface area contributed by atoms with Crippen molar-refractivity contribution in [2.24, 2.45) is 0 Å². The number of furan rings is 3. The summed E-state index contributed by atoms with van der Waals surface area (Å²) >= 11 is 1.82. The fourth-order valence-electron chi connectivity index (χ4n) is 15.0. The minimum absolute atomic E-state index is 0.548. The van der Waals surface area contributed by atoms with Crippen molar-refractivity contribution in [3.63, 3.8) is 0 Å². The number of fused-ring (bicyclic) bond motifs is 17. The van der Waals surface area contributed by atoms with E-state index in [0.29, 0.717) is 34.9 Å². The molecule has 100 heavy (non-hydrogen) atoms. The van der Waals surface area contributed by atoms with Crippen LogP contribution in [0, 0.1) is 0 Å². The van der Waals surface area contributed by atoms with Gasteiger partial charge in [0.15, 0.2) is 34.9 Å². The van der Waals surface area contributed by atoms with Crippen LogP contribution < -0.4 is 0 Å². The second-order valence-corrected chi connectivity index (χ2v) is 26.7. The number of hydrogen-bond donors (Lipinski definition) is 0. The fourth-order valence-corrected chi connectivity index (χ4v) is 16.1. The lowest BCUT2D eigenvalue weighted by atomic mass is 9.93. The van der Waals surface area contributed by atoms with Crippen LogP contribution in [0.25, 0.3) is 220 Å². The second-order valence-electron chi connectivity index (χ2n) is 25.6. The Morgan fingerprint density at radius 3 is 1.42 bits per heavy atom. The molecule has 21 rings (SSSR count). The molecule has 0 saturated carbocycles. The van der Waals surface area contributed by atoms with E-state index < -0.39 is 0 Å². The molecular formula is C90H50N6O3S. The highest BCUT2D eigenvalue weighted by Gasteiger charge is 2.25. The highest BCUT2D eigenvalue weighted by Crippen LogP contribution is 2.48. The minimum atomic E-state index is 0.548. The molecule has 464 valence electrons. The van der Waals surface area contributed by atoms with Gasteiger partial charge in [0.05, 0.1) is 0 Å². The van der Waals surface area contributed by atoms with E-state index in [1.807, 2.05) is 121 Å². The van der Waals surface area contributed by atoms with Crippen molar-refractivity contribution in [3.05, 3.63) is 303 Å². The zero-order valence-corrected chi connectivity index (χ0v) is 54.0. The molecule has 0 aliphatic rings. The van der Waals surface area contributed by atoms with Gasteiger partial charge in [0, 0.05) is 91.3 Å². The van der Waals surface area contributed by atoms with E-state index in [4.69, 9.17) is 43.2 Å². The zero-order valence-electron chi connectivity index (χ0n) is 53.2. The molecule has 15 aromatic carbocycles. The quantitative estimate of drug-likeness (QED) is 0.130. The first kappa shape index (κ1) is 55.9. The van der Waals surface area contributed by atoms with Crippen LogP contribution >= 0.6 is 11.3 Å². The van der Waals surface area contributed by atoms with Gasteiger partial charge in [-0.05, 0) is 151 Å². The molecule has 0 bridgehead atoms. The summed E-state index contributed by atoms with van der Waals surface area (Å²) in [7, 11) is 0. The van der Waals surface area contributed by atoms with E-state index in [9.17, 15) is 0 Å². The molecule has 0 fully saturated rings. The molecule has 0 spiro atoms. The van der Waals surface area contributed by atoms with Crippen LogP contribution in [0.3, 0.4) is 0 Å². The molecule has 10 heteroatoms. The first-order valence-electron chi connectivity index (χ1n) is 33.4. The van der Waals surface area contributed by atoms with E-state index >= 15 is 0 Å². The summed E-state index contributed by atoms with van der Waals surface area (Å²) in [6.45, 7) is 0. The van der Waals surface area contributed by atoms with Crippen molar-refractivity contribution in [1.29, 1.82) is 0 Å². The van der Waals surface area contributed by atoms with Gasteiger partial charge in [-0.25, -0.2) is 29.9 Å². The molecule has 0 aliphatic carbocycles. The smallest absolute Gasteiger partial charge is 0.165 e. The van der Waals surface area contributed by atoms with Crippen LogP contribution in [-0.2, 0) is 0 Å². The Morgan fingerprint density at radius 2 is 0.680 bits per heavy atom. The standard InChI is InChI=1S/C90H50N6O3S/c1-4-17-52(18-5-1)85-92-88(61-35-38-63-57(47-61)31-30-51-16-10-11-23-62(51)63)94-89(93-85)70-26-15-29-75-82(70)80-64(25-14-28-74(80)98-75)59-37-45-79-72(49-59)71-48-56(36-44-78(71)100-79)55-32-39-66-58(46-55)34-41-68-67-40-33-60(50-77(67)99-84(66)68)65-42-43-76-81(69-24-12-13-27-73(69)97-76)83(65)90-95-86(53-19-6-2-7-20-53)91-87(96-90)54-21-8-3-9-22-54/h1-50H. The highest BCUT2D eigenvalue weighted by atomic mass is 32.1. The van der Waals surface area contributed by atoms with Gasteiger partial charge < -0.3 is 13.3 Å². The fraction of sp³-hybridized carbons (Fsp3) is 0. The Morgan fingerprint density at radius 1 is 0.210 bits per heavy atom. The van der Waals surface area contributed by atoms with E-state index in [0.717, 1.165) is 149 Å². The molecule has 0 aliphatic heterocycles. The third kappa shape index (κ3) is 9.01. The largest absolute Gasteiger partial charge is 0.456 e. The molecule has 6 aromatic heterocycles. The molecule has 0 saturated heterocycles. The second kappa shape index (κ2) is 22.1. The topological polar surface area (TPSA) is 117 Å². The molecule has 0 amide bonds. The highest BCUT2D eigenvalue weighted by molar-refractivity contribution is 7.25. The number of rotatable bonds is 9. The first-order chi connectivity index (χ1) is 49.5. The maximum absolute atomic E-state index is 7.02. The van der Waals surface area contributed by atoms with Crippen LogP contribution in [0.15, 0.2) is 317 Å². The van der Waals surface area contributed by atoms with Gasteiger partial charge in [0.25, 0.3) is 0 Å². The number of aromatic nitrogens is 6. The minimum Gasteiger partial charge on any atom is -0.456 e. The number of hydrogen-bond acceptors (Lipinski definition) is 10. The summed E-state index contributed by atoms with van der Waals surface area (Å²) in [5, 5.41) is 15.2. The maximum Gasteiger partial charge on any atom is 0.165 e. The average Bonchev–Trinajstić information content (AvgIpc) is 1.55. The Balaban J connectivity index is 0.651. The number of nitrogens with zero attached hydrogens (tertiary/aromatic N) is 6. The monoisotopic (exact) mass is 1290 g/mol. The lowest BCUT2D eigenvalue weighted by molar-refractivity contribution is 0.668. The first-order valence-corrected chi connectivity index (χ1v) is 34.2. The van der Waals surface area contributed by atoms with Gasteiger partial charge >= 0.3 is 0 Å². The summed E-state index contributed by atoms with van der Waals surface area (Å²) in [5.74, 6) is 3.48. The van der Waals surface area contributed by atoms with E-state index in [-0.39, 0.29) is 0 Å². The molecular weight excluding hydrogens is 1250 g/mol. The number of benzene rings is 15. The van der Waals surface area contributed by atoms with Gasteiger partial charge in [0.1, 0.15) is 33.5 Å². The SMILES string of the molecule is c1ccc(-c2nc(-c3ccccc3)nc(-c3c(-c4ccc5c(c4)oc4c6ccc(-c7ccc8sc9ccc(-c%10cccc%11oc%12cccc(-c%13nc(-c%14ccccc%14)nc(-c%14ccc%15c(ccc%16ccccc%16%15)c%14)n%13)c%12c%10%11)cc9c8c7)cc6ccc54)ccc4oc5ccccc5c34)n2)cc1. The molecule has 21 aromatic rings. The predicted molar refractivity (Wildman–Crippen MR) is 409 cm³/mol. The number of para-hydroxylation sites is 1. The van der Waals surface area contributed by atoms with Crippen molar-refractivity contribution in [2.45, 2.75) is 0 Å². The number of thiophene rings is 1. The van der Waals surface area contributed by atoms with Gasteiger partial charge in [0.2, 0.25) is 0 Å². The van der Waals surface area contributed by atoms with Crippen LogP contribution in [0.5, 0.6) is 0 Å². The Bertz CT molecular complexity index is 6920. The van der Waals surface area contributed by atoms with Crippen molar-refractivity contribution >= 4 is 130 Å². The normalized spacial score (nSPS) is 12.0. The van der Waals surface area contributed by atoms with Crippen molar-refractivity contribution in [2.75, 3.05) is 0 Å². The van der Waals surface area contributed by atoms with Crippen LogP contribution in [0.4, 0.5) is 0 Å². The van der Waals surface area contributed by atoms with Crippen molar-refractivity contribution in [1.82, 2.24) is 29.9 Å². The van der Waals surface area contributed by atoms with Crippen LogP contribution in [0.1, 0.15) is 0 Å². The summed E-state index contributed by atoms with van der Waals surface area (Å²) in [5.41, 5.74) is 16.4. The lowest BCUT2D eigenvalue weighted by Gasteiger charge is -2.13. The summed E-state index contributed by atoms with van der Waals surface area (Å²) in [6.07, 6.45) is 0. The molecule has 0 N–H and O–H groups in total. The van der Waals surface area contributed by atoms with Crippen molar-refractivity contribution < 1.29 is 13.3 Å². The van der Waals surface area contributed by atoms with E-state index in [1.165, 1.54) is 36.3 Å². The van der Waals surface area contributed by atoms with Crippen LogP contribution in [-0.4, -0.2) is 29.9 Å².